The van der Waals surface area contributed by atoms with Crippen LogP contribution >= 0.6 is 15.9 Å². The average molecular weight is 327 g/mol. The van der Waals surface area contributed by atoms with Crippen molar-refractivity contribution in [2.24, 2.45) is 5.73 Å². The molecule has 4 heteroatoms. The number of fused-ring (bicyclic) bond motifs is 1. The molecular weight excluding hydrogens is 304 g/mol. The zero-order valence-electron chi connectivity index (χ0n) is 11.6. The third kappa shape index (κ3) is 3.94. The van der Waals surface area contributed by atoms with Crippen LogP contribution in [0, 0.1) is 0 Å². The smallest absolute Gasteiger partial charge is 0.127 e. The van der Waals surface area contributed by atoms with Crippen LogP contribution in [-0.2, 0) is 13.0 Å². The fourth-order valence-corrected chi connectivity index (χ4v) is 3.16. The van der Waals surface area contributed by atoms with E-state index in [2.05, 4.69) is 39.9 Å². The highest BCUT2D eigenvalue weighted by Crippen LogP contribution is 2.33. The summed E-state index contributed by atoms with van der Waals surface area (Å²) in [4.78, 5) is 2.47. The van der Waals surface area contributed by atoms with Gasteiger partial charge in [-0.3, -0.25) is 4.90 Å². The summed E-state index contributed by atoms with van der Waals surface area (Å²) in [7, 11) is 0. The summed E-state index contributed by atoms with van der Waals surface area (Å²) >= 11 is 3.60. The van der Waals surface area contributed by atoms with Crippen LogP contribution in [0.15, 0.2) is 16.6 Å². The van der Waals surface area contributed by atoms with Crippen molar-refractivity contribution in [2.45, 2.75) is 32.7 Å². The van der Waals surface area contributed by atoms with Crippen molar-refractivity contribution in [1.82, 2.24) is 4.90 Å². The number of benzene rings is 1. The molecule has 19 heavy (non-hydrogen) atoms. The summed E-state index contributed by atoms with van der Waals surface area (Å²) < 4.78 is 6.95. The normalized spacial score (nSPS) is 13.7. The molecule has 0 spiro atoms. The number of hydrogen-bond acceptors (Lipinski definition) is 3. The van der Waals surface area contributed by atoms with E-state index in [1.165, 1.54) is 17.5 Å². The first kappa shape index (κ1) is 14.8. The molecule has 1 heterocycles. The van der Waals surface area contributed by atoms with Crippen LogP contribution in [0.4, 0.5) is 0 Å². The molecule has 0 fully saturated rings. The van der Waals surface area contributed by atoms with Crippen LogP contribution in [0.5, 0.6) is 5.75 Å². The van der Waals surface area contributed by atoms with E-state index in [0.29, 0.717) is 0 Å². The molecular formula is C15H23BrN2O. The molecule has 0 bridgehead atoms. The molecule has 0 saturated carbocycles. The lowest BCUT2D eigenvalue weighted by molar-refractivity contribution is 0.258. The fraction of sp³-hybridized carbons (Fsp3) is 0.600. The number of nitrogens with zero attached hydrogens (tertiary/aromatic N) is 1. The second-order valence-corrected chi connectivity index (χ2v) is 5.99. The van der Waals surface area contributed by atoms with E-state index in [-0.39, 0.29) is 0 Å². The largest absolute Gasteiger partial charge is 0.493 e. The van der Waals surface area contributed by atoms with Gasteiger partial charge in [0.2, 0.25) is 0 Å². The van der Waals surface area contributed by atoms with Gasteiger partial charge in [-0.05, 0) is 50.2 Å². The van der Waals surface area contributed by atoms with Crippen LogP contribution in [0.1, 0.15) is 30.9 Å². The Bertz CT molecular complexity index is 423. The zero-order chi connectivity index (χ0) is 13.7. The molecule has 0 radical (unpaired) electrons. The lowest BCUT2D eigenvalue weighted by atomic mass is 10.1. The van der Waals surface area contributed by atoms with Gasteiger partial charge < -0.3 is 10.5 Å². The van der Waals surface area contributed by atoms with Gasteiger partial charge in [-0.2, -0.15) is 0 Å². The predicted octanol–water partition coefficient (Wildman–Crippen LogP) is 2.94. The Morgan fingerprint density at radius 1 is 1.37 bits per heavy atom. The number of ether oxygens (including phenoxy) is 1. The van der Waals surface area contributed by atoms with E-state index in [1.807, 2.05) is 0 Å². The first-order valence-corrected chi connectivity index (χ1v) is 7.90. The fourth-order valence-electron chi connectivity index (χ4n) is 2.61. The first-order chi connectivity index (χ1) is 9.24. The summed E-state index contributed by atoms with van der Waals surface area (Å²) in [6.45, 7) is 6.92. The molecule has 3 nitrogen and oxygen atoms in total. The molecule has 1 aliphatic heterocycles. The van der Waals surface area contributed by atoms with Gasteiger partial charge in [0.1, 0.15) is 5.75 Å². The van der Waals surface area contributed by atoms with Gasteiger partial charge in [0.25, 0.3) is 0 Å². The van der Waals surface area contributed by atoms with E-state index in [4.69, 9.17) is 10.5 Å². The molecule has 0 unspecified atom stereocenters. The van der Waals surface area contributed by atoms with Gasteiger partial charge in [0, 0.05) is 23.0 Å². The minimum Gasteiger partial charge on any atom is -0.493 e. The Labute approximate surface area is 124 Å². The average Bonchev–Trinajstić information content (AvgIpc) is 2.84. The molecule has 1 aromatic carbocycles. The quantitative estimate of drug-likeness (QED) is 0.837. The molecule has 0 saturated heterocycles. The third-order valence-electron chi connectivity index (χ3n) is 3.44. The molecule has 2 rings (SSSR count). The molecule has 1 aromatic rings. The topological polar surface area (TPSA) is 38.5 Å². The van der Waals surface area contributed by atoms with Crippen LogP contribution in [0.3, 0.4) is 0 Å². The highest BCUT2D eigenvalue weighted by molar-refractivity contribution is 9.10. The van der Waals surface area contributed by atoms with Crippen molar-refractivity contribution in [3.8, 4) is 5.75 Å². The summed E-state index contributed by atoms with van der Waals surface area (Å²) in [6, 6.07) is 4.37. The SMILES string of the molecule is CCCN(CCCN)Cc1cc(Br)cc2c1OCC2. The summed E-state index contributed by atoms with van der Waals surface area (Å²) in [5.74, 6) is 1.11. The van der Waals surface area contributed by atoms with Crippen molar-refractivity contribution in [3.63, 3.8) is 0 Å². The lowest BCUT2D eigenvalue weighted by Crippen LogP contribution is -2.27. The second-order valence-electron chi connectivity index (χ2n) is 5.07. The minimum atomic E-state index is 0.757. The number of rotatable bonds is 7. The van der Waals surface area contributed by atoms with Crippen molar-refractivity contribution < 1.29 is 4.74 Å². The molecule has 0 amide bonds. The Morgan fingerprint density at radius 3 is 2.95 bits per heavy atom. The molecule has 106 valence electrons. The van der Waals surface area contributed by atoms with E-state index in [9.17, 15) is 0 Å². The van der Waals surface area contributed by atoms with Crippen LogP contribution < -0.4 is 10.5 Å². The summed E-state index contributed by atoms with van der Waals surface area (Å²) in [6.07, 6.45) is 3.25. The lowest BCUT2D eigenvalue weighted by Gasteiger charge is -2.22. The zero-order valence-corrected chi connectivity index (χ0v) is 13.2. The van der Waals surface area contributed by atoms with Gasteiger partial charge in [-0.1, -0.05) is 22.9 Å². The van der Waals surface area contributed by atoms with E-state index in [1.54, 1.807) is 0 Å². The first-order valence-electron chi connectivity index (χ1n) is 7.11. The third-order valence-corrected chi connectivity index (χ3v) is 3.90. The van der Waals surface area contributed by atoms with Crippen molar-refractivity contribution in [2.75, 3.05) is 26.2 Å². The van der Waals surface area contributed by atoms with Crippen LogP contribution in [-0.4, -0.2) is 31.1 Å². The number of halogens is 1. The van der Waals surface area contributed by atoms with E-state index in [0.717, 1.165) is 55.8 Å². The van der Waals surface area contributed by atoms with Crippen molar-refractivity contribution in [3.05, 3.63) is 27.7 Å². The maximum absolute atomic E-state index is 5.80. The highest BCUT2D eigenvalue weighted by Gasteiger charge is 2.18. The van der Waals surface area contributed by atoms with Gasteiger partial charge in [-0.25, -0.2) is 0 Å². The minimum absolute atomic E-state index is 0.757. The Balaban J connectivity index is 2.12. The monoisotopic (exact) mass is 326 g/mol. The number of hydrogen-bond donors (Lipinski definition) is 1. The predicted molar refractivity (Wildman–Crippen MR) is 82.6 cm³/mol. The summed E-state index contributed by atoms with van der Waals surface area (Å²) in [5, 5.41) is 0. The van der Waals surface area contributed by atoms with Gasteiger partial charge in [0.05, 0.1) is 6.61 Å². The number of nitrogens with two attached hydrogens (primary N) is 1. The molecule has 2 N–H and O–H groups in total. The standard InChI is InChI=1S/C15H23BrN2O/c1-2-6-18(7-3-5-17)11-13-10-14(16)9-12-4-8-19-15(12)13/h9-10H,2-8,11,17H2,1H3. The Morgan fingerprint density at radius 2 is 2.21 bits per heavy atom. The molecule has 0 atom stereocenters. The van der Waals surface area contributed by atoms with Gasteiger partial charge >= 0.3 is 0 Å². The van der Waals surface area contributed by atoms with E-state index < -0.39 is 0 Å². The van der Waals surface area contributed by atoms with Crippen molar-refractivity contribution in [1.29, 1.82) is 0 Å². The van der Waals surface area contributed by atoms with Crippen molar-refractivity contribution >= 4 is 15.9 Å². The van der Waals surface area contributed by atoms with Crippen LogP contribution in [0.2, 0.25) is 0 Å². The van der Waals surface area contributed by atoms with Gasteiger partial charge in [-0.15, -0.1) is 0 Å². The molecule has 0 aromatic heterocycles. The second kappa shape index (κ2) is 7.27. The Hall–Kier alpha value is -0.580. The highest BCUT2D eigenvalue weighted by atomic mass is 79.9. The Kier molecular flexibility index (Phi) is 5.67. The maximum atomic E-state index is 5.80. The van der Waals surface area contributed by atoms with Crippen LogP contribution in [0.25, 0.3) is 0 Å². The van der Waals surface area contributed by atoms with E-state index >= 15 is 0 Å². The summed E-state index contributed by atoms with van der Waals surface area (Å²) in [5.41, 5.74) is 8.25. The van der Waals surface area contributed by atoms with Gasteiger partial charge in [0.15, 0.2) is 0 Å². The molecule has 0 aliphatic carbocycles. The maximum Gasteiger partial charge on any atom is 0.127 e. The molecule has 1 aliphatic rings.